The average molecular weight is 412 g/mol. The number of rotatable bonds is 4. The van der Waals surface area contributed by atoms with E-state index in [0.29, 0.717) is 22.2 Å². The van der Waals surface area contributed by atoms with Gasteiger partial charge in [-0.3, -0.25) is 4.79 Å². The predicted molar refractivity (Wildman–Crippen MR) is 94.5 cm³/mol. The summed E-state index contributed by atoms with van der Waals surface area (Å²) in [6.07, 6.45) is 0.457. The second-order valence-electron chi connectivity index (χ2n) is 5.98. The number of hydrogen-bond acceptors (Lipinski definition) is 4. The van der Waals surface area contributed by atoms with Crippen molar-refractivity contribution in [3.63, 3.8) is 0 Å². The Morgan fingerprint density at radius 2 is 2.04 bits per heavy atom. The Kier molecular flexibility index (Phi) is 4.83. The molecule has 0 N–H and O–H groups in total. The van der Waals surface area contributed by atoms with Crippen molar-refractivity contribution in [1.29, 1.82) is 0 Å². The number of aryl methyl sites for hydroxylation is 1. The van der Waals surface area contributed by atoms with Crippen molar-refractivity contribution in [3.05, 3.63) is 58.0 Å². The van der Waals surface area contributed by atoms with Crippen molar-refractivity contribution in [2.45, 2.75) is 25.9 Å². The summed E-state index contributed by atoms with van der Waals surface area (Å²) < 4.78 is 30.0. The number of benzene rings is 1. The van der Waals surface area contributed by atoms with Crippen LogP contribution >= 0.6 is 15.9 Å². The van der Waals surface area contributed by atoms with Gasteiger partial charge in [0.25, 0.3) is 5.91 Å². The van der Waals surface area contributed by atoms with Gasteiger partial charge in [-0.05, 0) is 53.5 Å². The van der Waals surface area contributed by atoms with E-state index in [9.17, 15) is 13.2 Å². The molecule has 0 radical (unpaired) electrons. The van der Waals surface area contributed by atoms with Crippen LogP contribution in [0.2, 0.25) is 0 Å². The van der Waals surface area contributed by atoms with E-state index in [1.807, 2.05) is 25.1 Å². The van der Waals surface area contributed by atoms with Crippen LogP contribution in [-0.4, -0.2) is 36.8 Å². The van der Waals surface area contributed by atoms with Crippen molar-refractivity contribution < 1.29 is 17.6 Å². The molecule has 7 heteroatoms. The maximum Gasteiger partial charge on any atom is 0.255 e. The lowest BCUT2D eigenvalue weighted by Crippen LogP contribution is -2.40. The highest BCUT2D eigenvalue weighted by atomic mass is 79.9. The third kappa shape index (κ3) is 3.72. The highest BCUT2D eigenvalue weighted by Gasteiger charge is 2.35. The lowest BCUT2D eigenvalue weighted by molar-refractivity contribution is 0.0664. The Morgan fingerprint density at radius 3 is 2.62 bits per heavy atom. The third-order valence-electron chi connectivity index (χ3n) is 4.14. The van der Waals surface area contributed by atoms with Gasteiger partial charge in [-0.25, -0.2) is 8.42 Å². The number of furan rings is 1. The first-order chi connectivity index (χ1) is 11.4. The number of hydrogen-bond donors (Lipinski definition) is 0. The molecule has 2 aromatic rings. The molecule has 0 aliphatic carbocycles. The van der Waals surface area contributed by atoms with Crippen LogP contribution in [-0.2, 0) is 16.4 Å². The van der Waals surface area contributed by atoms with E-state index >= 15 is 0 Å². The smallest absolute Gasteiger partial charge is 0.255 e. The van der Waals surface area contributed by atoms with Gasteiger partial charge >= 0.3 is 0 Å². The fourth-order valence-electron chi connectivity index (χ4n) is 2.92. The topological polar surface area (TPSA) is 67.6 Å². The predicted octanol–water partition coefficient (Wildman–Crippen LogP) is 3.18. The molecular formula is C17H18BrNO4S. The number of nitrogens with zero attached hydrogens (tertiary/aromatic N) is 1. The first kappa shape index (κ1) is 17.2. The van der Waals surface area contributed by atoms with Crippen LogP contribution < -0.4 is 0 Å². The summed E-state index contributed by atoms with van der Waals surface area (Å²) >= 11 is 3.40. The van der Waals surface area contributed by atoms with Crippen LogP contribution in [0.25, 0.3) is 0 Å². The standard InChI is InChI=1S/C17H18BrNO4S/c1-12-6-7-14(23-12)10-19(13-8-9-24(21,22)11-13)17(20)15-4-2-3-5-16(15)18/h2-7,13H,8-11H2,1H3/t13-/m1/s1. The molecule has 3 rings (SSSR count). The highest BCUT2D eigenvalue weighted by Crippen LogP contribution is 2.25. The molecule has 128 valence electrons. The van der Waals surface area contributed by atoms with E-state index in [4.69, 9.17) is 4.42 Å². The number of halogens is 1. The molecule has 2 heterocycles. The van der Waals surface area contributed by atoms with E-state index in [1.165, 1.54) is 0 Å². The first-order valence-corrected chi connectivity index (χ1v) is 10.3. The normalized spacial score (nSPS) is 19.3. The summed E-state index contributed by atoms with van der Waals surface area (Å²) in [4.78, 5) is 14.6. The lowest BCUT2D eigenvalue weighted by atomic mass is 10.1. The summed E-state index contributed by atoms with van der Waals surface area (Å²) in [5, 5.41) is 0. The molecule has 1 aliphatic rings. The molecular weight excluding hydrogens is 394 g/mol. The van der Waals surface area contributed by atoms with Gasteiger partial charge in [-0.1, -0.05) is 12.1 Å². The monoisotopic (exact) mass is 411 g/mol. The maximum absolute atomic E-state index is 13.0. The van der Waals surface area contributed by atoms with E-state index < -0.39 is 9.84 Å². The molecule has 24 heavy (non-hydrogen) atoms. The zero-order valence-electron chi connectivity index (χ0n) is 13.2. The number of amides is 1. The van der Waals surface area contributed by atoms with Gasteiger partial charge in [0.15, 0.2) is 9.84 Å². The Morgan fingerprint density at radius 1 is 1.29 bits per heavy atom. The van der Waals surface area contributed by atoms with Crippen LogP contribution in [0.5, 0.6) is 0 Å². The molecule has 0 spiro atoms. The minimum absolute atomic E-state index is 0.00286. The minimum atomic E-state index is -3.09. The van der Waals surface area contributed by atoms with E-state index in [1.54, 1.807) is 23.1 Å². The molecule has 1 fully saturated rings. The van der Waals surface area contributed by atoms with Gasteiger partial charge < -0.3 is 9.32 Å². The summed E-state index contributed by atoms with van der Waals surface area (Å²) in [6.45, 7) is 2.09. The molecule has 5 nitrogen and oxygen atoms in total. The molecule has 1 amide bonds. The zero-order chi connectivity index (χ0) is 17.3. The molecule has 0 saturated carbocycles. The second-order valence-corrected chi connectivity index (χ2v) is 9.07. The van der Waals surface area contributed by atoms with Gasteiger partial charge in [0.2, 0.25) is 0 Å². The van der Waals surface area contributed by atoms with E-state index in [-0.39, 0.29) is 30.0 Å². The molecule has 0 bridgehead atoms. The third-order valence-corrected chi connectivity index (χ3v) is 6.58. The van der Waals surface area contributed by atoms with Crippen molar-refractivity contribution in [2.24, 2.45) is 0 Å². The van der Waals surface area contributed by atoms with Gasteiger partial charge in [-0.2, -0.15) is 0 Å². The zero-order valence-corrected chi connectivity index (χ0v) is 15.6. The maximum atomic E-state index is 13.0. The second kappa shape index (κ2) is 6.72. The van der Waals surface area contributed by atoms with Crippen molar-refractivity contribution >= 4 is 31.7 Å². The fraction of sp³-hybridized carbons (Fsp3) is 0.353. The molecule has 0 unspecified atom stereocenters. The quantitative estimate of drug-likeness (QED) is 0.774. The Bertz CT molecular complexity index is 859. The Hall–Kier alpha value is -1.60. The van der Waals surface area contributed by atoms with Crippen molar-refractivity contribution in [1.82, 2.24) is 4.90 Å². The van der Waals surface area contributed by atoms with Crippen LogP contribution in [0.4, 0.5) is 0 Å². The number of carbonyl (C=O) groups excluding carboxylic acids is 1. The van der Waals surface area contributed by atoms with Crippen molar-refractivity contribution in [2.75, 3.05) is 11.5 Å². The molecule has 1 aliphatic heterocycles. The van der Waals surface area contributed by atoms with E-state index in [0.717, 1.165) is 5.76 Å². The van der Waals surface area contributed by atoms with Gasteiger partial charge in [0, 0.05) is 10.5 Å². The van der Waals surface area contributed by atoms with Crippen molar-refractivity contribution in [3.8, 4) is 0 Å². The fourth-order valence-corrected chi connectivity index (χ4v) is 5.10. The highest BCUT2D eigenvalue weighted by molar-refractivity contribution is 9.10. The van der Waals surface area contributed by atoms with Crippen LogP contribution in [0.1, 0.15) is 28.3 Å². The van der Waals surface area contributed by atoms with Gasteiger partial charge in [0.05, 0.1) is 23.6 Å². The Labute approximate surface area is 149 Å². The Balaban J connectivity index is 1.92. The molecule has 1 atom stereocenters. The van der Waals surface area contributed by atoms with Crippen LogP contribution in [0, 0.1) is 6.92 Å². The minimum Gasteiger partial charge on any atom is -0.464 e. The average Bonchev–Trinajstić information content (AvgIpc) is 3.10. The largest absolute Gasteiger partial charge is 0.464 e. The summed E-state index contributed by atoms with van der Waals surface area (Å²) in [5.41, 5.74) is 0.519. The molecule has 1 aromatic heterocycles. The van der Waals surface area contributed by atoms with Gasteiger partial charge in [-0.15, -0.1) is 0 Å². The SMILES string of the molecule is Cc1ccc(CN(C(=O)c2ccccc2Br)[C@@H]2CCS(=O)(=O)C2)o1. The molecule has 1 aromatic carbocycles. The van der Waals surface area contributed by atoms with Gasteiger partial charge in [0.1, 0.15) is 11.5 Å². The summed E-state index contributed by atoms with van der Waals surface area (Å²) in [6, 6.07) is 10.5. The van der Waals surface area contributed by atoms with Crippen LogP contribution in [0.15, 0.2) is 45.3 Å². The van der Waals surface area contributed by atoms with Crippen LogP contribution in [0.3, 0.4) is 0 Å². The molecule has 1 saturated heterocycles. The lowest BCUT2D eigenvalue weighted by Gasteiger charge is -2.28. The summed E-state index contributed by atoms with van der Waals surface area (Å²) in [5.74, 6) is 1.34. The van der Waals surface area contributed by atoms with E-state index in [2.05, 4.69) is 15.9 Å². The number of sulfone groups is 1. The first-order valence-electron chi connectivity index (χ1n) is 7.67. The number of carbonyl (C=O) groups is 1. The summed E-state index contributed by atoms with van der Waals surface area (Å²) in [7, 11) is -3.09.